The van der Waals surface area contributed by atoms with Gasteiger partial charge in [-0.25, -0.2) is 0 Å². The maximum Gasteiger partial charge on any atom is 0.249 e. The first-order valence-corrected chi connectivity index (χ1v) is 36.9. The molecule has 0 N–H and O–H groups in total. The summed E-state index contributed by atoms with van der Waals surface area (Å²) in [6.07, 6.45) is 0. The second kappa shape index (κ2) is 24.1. The third kappa shape index (κ3) is 10.2. The molecule has 16 rings (SSSR count). The van der Waals surface area contributed by atoms with Crippen LogP contribution in [0.2, 0.25) is 0 Å². The highest BCUT2D eigenvalue weighted by molar-refractivity contribution is 8.00. The minimum absolute atomic E-state index is 0.153. The molecule has 0 fully saturated rings. The molecule has 93 heavy (non-hydrogen) atoms. The molecule has 1 nitrogen and oxygen atoms in total. The quantitative estimate of drug-likeness (QED) is 0.0836. The lowest BCUT2D eigenvalue weighted by Crippen LogP contribution is -2.75. The summed E-state index contributed by atoms with van der Waals surface area (Å²) in [5.41, 5.74) is 14.4. The summed E-state index contributed by atoms with van der Waals surface area (Å²) in [6.45, 7) is 6.68. The van der Waals surface area contributed by atoms with E-state index in [9.17, 15) is 2.74 Å². The summed E-state index contributed by atoms with van der Waals surface area (Å²) in [7, 11) is -6.46. The molecule has 0 unspecified atom stereocenters. The highest BCUT2D eigenvalue weighted by Crippen LogP contribution is 2.46. The molecule has 2 heterocycles. The Kier molecular flexibility index (Phi) is 13.6. The third-order valence-corrected chi connectivity index (χ3v) is 29.8. The van der Waals surface area contributed by atoms with Crippen LogP contribution in [0, 0.1) is 0 Å². The van der Waals surface area contributed by atoms with Crippen molar-refractivity contribution in [3.05, 3.63) is 363 Å². The van der Waals surface area contributed by atoms with Gasteiger partial charge in [-0.3, -0.25) is 0 Å². The highest BCUT2D eigenvalue weighted by Gasteiger charge is 2.48. The molecule has 5 heteroatoms. The lowest BCUT2D eigenvalue weighted by Gasteiger charge is -2.43. The predicted molar refractivity (Wildman–Crippen MR) is 404 cm³/mol. The van der Waals surface area contributed by atoms with E-state index in [-0.39, 0.29) is 41.9 Å². The van der Waals surface area contributed by atoms with Crippen molar-refractivity contribution >= 4 is 110 Å². The van der Waals surface area contributed by atoms with Crippen molar-refractivity contribution in [2.75, 3.05) is 4.90 Å². The average molecular weight is 1240 g/mol. The fourth-order valence-corrected chi connectivity index (χ4v) is 25.8. The van der Waals surface area contributed by atoms with Crippen LogP contribution in [0.25, 0.3) is 44.5 Å². The Morgan fingerprint density at radius 3 is 1.18 bits per heavy atom. The molecule has 0 radical (unpaired) electrons. The molecule has 0 aliphatic carbocycles. The number of hydrogen-bond acceptors (Lipinski definition) is 2. The van der Waals surface area contributed by atoms with Crippen molar-refractivity contribution in [3.63, 3.8) is 0 Å². The summed E-state index contributed by atoms with van der Waals surface area (Å²) in [5.74, 6) is 0. The molecular formula is C88H68BNSSi2. The first-order valence-electron chi connectivity index (χ1n) is 34.6. The van der Waals surface area contributed by atoms with Crippen LogP contribution in [0.4, 0.5) is 17.1 Å². The van der Waals surface area contributed by atoms with Gasteiger partial charge < -0.3 is 4.90 Å². The van der Waals surface area contributed by atoms with Crippen LogP contribution in [0.3, 0.4) is 0 Å². The Labute approximate surface area is 561 Å². The van der Waals surface area contributed by atoms with Crippen molar-refractivity contribution in [3.8, 4) is 44.5 Å². The van der Waals surface area contributed by atoms with Gasteiger partial charge in [-0.05, 0) is 150 Å². The fraction of sp³-hybridized carbons (Fsp3) is 0.0455. The van der Waals surface area contributed by atoms with Gasteiger partial charge in [-0.2, -0.15) is 0 Å². The Morgan fingerprint density at radius 2 is 0.710 bits per heavy atom. The van der Waals surface area contributed by atoms with Gasteiger partial charge in [0.1, 0.15) is 0 Å². The molecule has 0 saturated heterocycles. The first-order chi connectivity index (χ1) is 47.8. The standard InChI is InChI=1S/C88H68BNSSi2/c1-88(2,3)71-59-84-87-86(60-71)91-85-62-80(93(75-44-24-10-25-45-75,76-46-26-11-27-47-76)78-49-29-39-68(58-78)64-32-14-5-15-33-64)51-53-82(85)89(87)81-52-50-79(61-83(81)90(84)72-55-69(65-34-16-6-17-35-65)54-70(56-72)66-36-18-7-19-37-66)92(73-40-20-8-21-41-73,74-42-22-9-23-43-74)77-48-28-38-67(57-77)63-30-12-4-13-31-63/h4-62H,1-3H3/i6D,16D,17D,34D,35D. The molecule has 14 aromatic carbocycles. The molecule has 14 aromatic rings. The number of hydrogen-bond donors (Lipinski definition) is 0. The minimum Gasteiger partial charge on any atom is -0.311 e. The molecule has 0 saturated carbocycles. The number of fused-ring (bicyclic) bond motifs is 4. The van der Waals surface area contributed by atoms with E-state index < -0.39 is 22.2 Å². The molecule has 2 aliphatic rings. The summed E-state index contributed by atoms with van der Waals surface area (Å²) < 4.78 is 45.8. The maximum atomic E-state index is 9.53. The van der Waals surface area contributed by atoms with Crippen LogP contribution < -0.4 is 62.8 Å². The van der Waals surface area contributed by atoms with E-state index in [1.165, 1.54) is 78.9 Å². The van der Waals surface area contributed by atoms with Crippen molar-refractivity contribution in [2.24, 2.45) is 0 Å². The van der Waals surface area contributed by atoms with Gasteiger partial charge in [0.05, 0.1) is 6.85 Å². The Hall–Kier alpha value is -10.3. The maximum absolute atomic E-state index is 9.53. The van der Waals surface area contributed by atoms with Crippen LogP contribution in [0.15, 0.2) is 368 Å². The Morgan fingerprint density at radius 1 is 0.312 bits per heavy atom. The van der Waals surface area contributed by atoms with Crippen LogP contribution >= 0.6 is 11.8 Å². The van der Waals surface area contributed by atoms with Gasteiger partial charge in [0, 0.05) is 26.9 Å². The predicted octanol–water partition coefficient (Wildman–Crippen LogP) is 15.2. The van der Waals surface area contributed by atoms with Gasteiger partial charge in [-0.15, -0.1) is 0 Å². The van der Waals surface area contributed by atoms with Crippen LogP contribution in [-0.2, 0) is 5.41 Å². The zero-order valence-corrected chi connectivity index (χ0v) is 54.9. The Balaban J connectivity index is 1.01. The van der Waals surface area contributed by atoms with Crippen LogP contribution in [0.5, 0.6) is 0 Å². The molecule has 442 valence electrons. The normalized spacial score (nSPS) is 13.3. The van der Waals surface area contributed by atoms with E-state index in [1.807, 2.05) is 36.0 Å². The largest absolute Gasteiger partial charge is 0.311 e. The number of anilines is 3. The zero-order valence-electron chi connectivity index (χ0n) is 57.1. The minimum atomic E-state index is -3.33. The number of rotatable bonds is 13. The summed E-state index contributed by atoms with van der Waals surface area (Å²) in [4.78, 5) is 4.86. The molecule has 2 aliphatic heterocycles. The van der Waals surface area contributed by atoms with Crippen molar-refractivity contribution in [1.29, 1.82) is 0 Å². The lowest BCUT2D eigenvalue weighted by atomic mass is 9.35. The van der Waals surface area contributed by atoms with Crippen molar-refractivity contribution in [1.82, 2.24) is 0 Å². The monoisotopic (exact) mass is 1240 g/mol. The molecule has 0 bridgehead atoms. The van der Waals surface area contributed by atoms with Gasteiger partial charge in [0.15, 0.2) is 16.1 Å². The Bertz CT molecular complexity index is 5250. The van der Waals surface area contributed by atoms with E-state index in [1.54, 1.807) is 0 Å². The smallest absolute Gasteiger partial charge is 0.249 e. The summed E-state index contributed by atoms with van der Waals surface area (Å²) >= 11 is 1.87. The lowest BCUT2D eigenvalue weighted by molar-refractivity contribution is 0.589. The number of benzene rings is 14. The second-order valence-electron chi connectivity index (χ2n) is 25.5. The average Bonchev–Trinajstić information content (AvgIpc) is 0.696. The second-order valence-corrected chi connectivity index (χ2v) is 34.2. The highest BCUT2D eigenvalue weighted by atomic mass is 32.2. The zero-order chi connectivity index (χ0) is 66.9. The van der Waals surface area contributed by atoms with Crippen LogP contribution in [-0.4, -0.2) is 22.9 Å². The third-order valence-electron chi connectivity index (χ3n) is 19.2. The van der Waals surface area contributed by atoms with Gasteiger partial charge in [0.25, 0.3) is 0 Å². The molecule has 0 amide bonds. The van der Waals surface area contributed by atoms with E-state index in [2.05, 4.69) is 329 Å². The molecular weight excluding hydrogens is 1170 g/mol. The summed E-state index contributed by atoms with van der Waals surface area (Å²) in [6, 6.07) is 119. The summed E-state index contributed by atoms with van der Waals surface area (Å²) in [5, 5.41) is 10.2. The fourth-order valence-electron chi connectivity index (χ4n) is 14.9. The van der Waals surface area contributed by atoms with E-state index in [4.69, 9.17) is 4.11 Å². The topological polar surface area (TPSA) is 3.24 Å². The van der Waals surface area contributed by atoms with Gasteiger partial charge in [-0.1, -0.05) is 353 Å². The van der Waals surface area contributed by atoms with Crippen molar-refractivity contribution < 1.29 is 6.85 Å². The molecule has 0 atom stereocenters. The molecule has 0 aromatic heterocycles. The van der Waals surface area contributed by atoms with E-state index in [0.29, 0.717) is 5.56 Å². The van der Waals surface area contributed by atoms with Gasteiger partial charge >= 0.3 is 0 Å². The van der Waals surface area contributed by atoms with Crippen molar-refractivity contribution in [2.45, 2.75) is 36.0 Å². The SMILES string of the molecule is [2H]c1c([2H])c([2H])c(-c2cc(-c3ccccc3)cc(N3c4cc([Si](c5ccccc5)(c5ccccc5)c5cccc(-c6ccccc6)c5)ccc4B4c5ccc([Si](c6ccccc6)(c6ccccc6)c6cccc(-c7ccccc7)c6)cc5Sc5cc(C(C)(C)C)cc3c54)c2)c([2H])c1[2H]. The number of nitrogens with zero attached hydrogens (tertiary/aromatic N) is 1. The van der Waals surface area contributed by atoms with E-state index in [0.717, 1.165) is 44.8 Å². The van der Waals surface area contributed by atoms with Crippen LogP contribution in [0.1, 0.15) is 33.2 Å². The molecule has 0 spiro atoms. The van der Waals surface area contributed by atoms with Gasteiger partial charge in [0.2, 0.25) is 6.71 Å². The van der Waals surface area contributed by atoms with E-state index >= 15 is 0 Å². The first kappa shape index (κ1) is 52.4.